The van der Waals surface area contributed by atoms with Crippen LogP contribution in [0.15, 0.2) is 71.8 Å². The third-order valence-electron chi connectivity index (χ3n) is 4.43. The van der Waals surface area contributed by atoms with E-state index in [1.807, 2.05) is 31.2 Å². The van der Waals surface area contributed by atoms with Crippen molar-refractivity contribution in [2.24, 2.45) is 0 Å². The Labute approximate surface area is 200 Å². The molecule has 7 nitrogen and oxygen atoms in total. The van der Waals surface area contributed by atoms with Crippen LogP contribution in [0.1, 0.15) is 22.8 Å². The highest BCUT2D eigenvalue weighted by Crippen LogP contribution is 2.24. The van der Waals surface area contributed by atoms with E-state index < -0.39 is 18.0 Å². The summed E-state index contributed by atoms with van der Waals surface area (Å²) in [6.07, 6.45) is 0.342. The van der Waals surface area contributed by atoms with Crippen molar-refractivity contribution < 1.29 is 19.1 Å². The van der Waals surface area contributed by atoms with E-state index in [2.05, 4.69) is 15.6 Å². The average Bonchev–Trinajstić information content (AvgIpc) is 2.80. The number of nitrogens with one attached hydrogen (secondary N) is 2. The minimum absolute atomic E-state index is 0.108. The van der Waals surface area contributed by atoms with Gasteiger partial charge < -0.3 is 15.4 Å². The molecule has 0 saturated heterocycles. The minimum Gasteiger partial charge on any atom is -0.449 e. The number of halogens is 1. The molecule has 3 aromatic rings. The summed E-state index contributed by atoms with van der Waals surface area (Å²) in [5.74, 6) is -0.987. The molecular formula is C24H22ClN3O4S. The largest absolute Gasteiger partial charge is 0.449 e. The zero-order valence-corrected chi connectivity index (χ0v) is 19.6. The Hall–Kier alpha value is -3.36. The lowest BCUT2D eigenvalue weighted by molar-refractivity contribution is -0.123. The molecule has 2 amide bonds. The van der Waals surface area contributed by atoms with E-state index in [1.165, 1.54) is 24.9 Å². The second kappa shape index (κ2) is 11.5. The number of amides is 2. The van der Waals surface area contributed by atoms with Crippen LogP contribution in [0.5, 0.6) is 0 Å². The highest BCUT2D eigenvalue weighted by molar-refractivity contribution is 8.00. The predicted octanol–water partition coefficient (Wildman–Crippen LogP) is 4.96. The molecule has 2 aromatic carbocycles. The number of anilines is 2. The van der Waals surface area contributed by atoms with Crippen LogP contribution in [0.3, 0.4) is 0 Å². The van der Waals surface area contributed by atoms with Crippen molar-refractivity contribution >= 4 is 52.7 Å². The molecule has 3 rings (SSSR count). The number of hydrogen-bond donors (Lipinski definition) is 2. The predicted molar refractivity (Wildman–Crippen MR) is 130 cm³/mol. The molecule has 0 radical (unpaired) electrons. The lowest BCUT2D eigenvalue weighted by atomic mass is 10.2. The van der Waals surface area contributed by atoms with Crippen LogP contribution in [0.2, 0.25) is 5.02 Å². The molecule has 0 fully saturated rings. The Balaban J connectivity index is 1.57. The highest BCUT2D eigenvalue weighted by atomic mass is 35.5. The van der Waals surface area contributed by atoms with Gasteiger partial charge in [0.05, 0.1) is 16.3 Å². The molecule has 0 aliphatic carbocycles. The Morgan fingerprint density at radius 1 is 1.03 bits per heavy atom. The Morgan fingerprint density at radius 3 is 2.45 bits per heavy atom. The zero-order chi connectivity index (χ0) is 23.8. The average molecular weight is 484 g/mol. The van der Waals surface area contributed by atoms with Crippen LogP contribution >= 0.6 is 23.4 Å². The third-order valence-corrected chi connectivity index (χ3v) is 5.73. The van der Waals surface area contributed by atoms with Crippen molar-refractivity contribution in [3.8, 4) is 0 Å². The van der Waals surface area contributed by atoms with Gasteiger partial charge in [-0.05, 0) is 50.2 Å². The van der Waals surface area contributed by atoms with Crippen LogP contribution < -0.4 is 10.6 Å². The summed E-state index contributed by atoms with van der Waals surface area (Å²) in [7, 11) is 0. The van der Waals surface area contributed by atoms with Gasteiger partial charge in [-0.15, -0.1) is 11.8 Å². The molecule has 33 heavy (non-hydrogen) atoms. The van der Waals surface area contributed by atoms with E-state index in [9.17, 15) is 14.4 Å². The maximum absolute atomic E-state index is 12.7. The molecular weight excluding hydrogens is 462 g/mol. The van der Waals surface area contributed by atoms with Gasteiger partial charge in [-0.3, -0.25) is 9.59 Å². The quantitative estimate of drug-likeness (QED) is 0.347. The summed E-state index contributed by atoms with van der Waals surface area (Å²) in [6.45, 7) is 3.43. The maximum Gasteiger partial charge on any atom is 0.340 e. The Kier molecular flexibility index (Phi) is 8.46. The van der Waals surface area contributed by atoms with E-state index in [0.29, 0.717) is 21.4 Å². The maximum atomic E-state index is 12.7. The first-order chi connectivity index (χ1) is 15.8. The van der Waals surface area contributed by atoms with E-state index in [-0.39, 0.29) is 17.2 Å². The second-order valence-corrected chi connectivity index (χ2v) is 8.55. The lowest BCUT2D eigenvalue weighted by Gasteiger charge is -2.15. The van der Waals surface area contributed by atoms with Gasteiger partial charge in [-0.1, -0.05) is 41.4 Å². The van der Waals surface area contributed by atoms with Crippen LogP contribution in [-0.4, -0.2) is 34.6 Å². The molecule has 0 aliphatic rings. The van der Waals surface area contributed by atoms with Gasteiger partial charge in [-0.2, -0.15) is 0 Å². The molecule has 9 heteroatoms. The number of aromatic nitrogens is 1. The van der Waals surface area contributed by atoms with Crippen molar-refractivity contribution in [2.45, 2.75) is 24.8 Å². The van der Waals surface area contributed by atoms with Gasteiger partial charge in [0.1, 0.15) is 5.82 Å². The number of benzene rings is 2. The third kappa shape index (κ3) is 7.34. The van der Waals surface area contributed by atoms with Gasteiger partial charge >= 0.3 is 5.97 Å². The molecule has 1 atom stereocenters. The summed E-state index contributed by atoms with van der Waals surface area (Å²) < 4.78 is 5.33. The van der Waals surface area contributed by atoms with E-state index in [1.54, 1.807) is 36.4 Å². The fourth-order valence-electron chi connectivity index (χ4n) is 2.69. The van der Waals surface area contributed by atoms with Crippen molar-refractivity contribution in [1.29, 1.82) is 0 Å². The van der Waals surface area contributed by atoms with Gasteiger partial charge in [0, 0.05) is 16.8 Å². The summed E-state index contributed by atoms with van der Waals surface area (Å²) in [5, 5.41) is 5.82. The standard InChI is InChI=1S/C24H22ClN3O4S/c1-15-7-10-18(11-8-15)27-22(29)14-33-20-6-4-3-5-19(20)24(31)32-16(2)23(30)28-21-12-9-17(25)13-26-21/h3-13,16H,14H2,1-2H3,(H,27,29)(H,26,28,30). The molecule has 0 saturated carbocycles. The van der Waals surface area contributed by atoms with E-state index in [0.717, 1.165) is 5.56 Å². The fraction of sp³-hybridized carbons (Fsp3) is 0.167. The molecule has 0 bridgehead atoms. The van der Waals surface area contributed by atoms with E-state index in [4.69, 9.17) is 16.3 Å². The summed E-state index contributed by atoms with van der Waals surface area (Å²) in [6, 6.07) is 17.4. The summed E-state index contributed by atoms with van der Waals surface area (Å²) in [5.41, 5.74) is 2.07. The molecule has 1 aromatic heterocycles. The first-order valence-electron chi connectivity index (χ1n) is 10.0. The van der Waals surface area contributed by atoms with Gasteiger partial charge in [0.2, 0.25) is 5.91 Å². The first kappa shape index (κ1) is 24.3. The van der Waals surface area contributed by atoms with Crippen LogP contribution in [-0.2, 0) is 14.3 Å². The van der Waals surface area contributed by atoms with Crippen LogP contribution in [0.4, 0.5) is 11.5 Å². The summed E-state index contributed by atoms with van der Waals surface area (Å²) >= 11 is 6.99. The van der Waals surface area contributed by atoms with Gasteiger partial charge in [0.25, 0.3) is 5.91 Å². The summed E-state index contributed by atoms with van der Waals surface area (Å²) in [4.78, 5) is 41.9. The monoisotopic (exact) mass is 483 g/mol. The van der Waals surface area contributed by atoms with Crippen molar-refractivity contribution in [3.63, 3.8) is 0 Å². The minimum atomic E-state index is -1.06. The van der Waals surface area contributed by atoms with Gasteiger partial charge in [-0.25, -0.2) is 9.78 Å². The zero-order valence-electron chi connectivity index (χ0n) is 18.0. The van der Waals surface area contributed by atoms with Crippen LogP contribution in [0.25, 0.3) is 0 Å². The molecule has 170 valence electrons. The Morgan fingerprint density at radius 2 is 1.76 bits per heavy atom. The van der Waals surface area contributed by atoms with E-state index >= 15 is 0 Å². The number of thioether (sulfide) groups is 1. The number of carbonyl (C=O) groups is 3. The van der Waals surface area contributed by atoms with Crippen molar-refractivity contribution in [1.82, 2.24) is 4.98 Å². The van der Waals surface area contributed by atoms with Gasteiger partial charge in [0.15, 0.2) is 6.10 Å². The fourth-order valence-corrected chi connectivity index (χ4v) is 3.65. The normalized spacial score (nSPS) is 11.4. The number of carbonyl (C=O) groups excluding carboxylic acids is 3. The molecule has 0 spiro atoms. The second-order valence-electron chi connectivity index (χ2n) is 7.10. The number of hydrogen-bond acceptors (Lipinski definition) is 6. The lowest BCUT2D eigenvalue weighted by Crippen LogP contribution is -2.30. The number of esters is 1. The number of pyridine rings is 1. The van der Waals surface area contributed by atoms with Crippen LogP contribution in [0, 0.1) is 6.92 Å². The van der Waals surface area contributed by atoms with Crippen molar-refractivity contribution in [3.05, 3.63) is 83.0 Å². The first-order valence-corrected chi connectivity index (χ1v) is 11.4. The smallest absolute Gasteiger partial charge is 0.340 e. The molecule has 0 aliphatic heterocycles. The molecule has 2 N–H and O–H groups in total. The SMILES string of the molecule is Cc1ccc(NC(=O)CSc2ccccc2C(=O)OC(C)C(=O)Nc2ccc(Cl)cn2)cc1. The number of ether oxygens (including phenoxy) is 1. The molecule has 1 unspecified atom stereocenters. The topological polar surface area (TPSA) is 97.4 Å². The number of aryl methyl sites for hydroxylation is 1. The number of nitrogens with zero attached hydrogens (tertiary/aromatic N) is 1. The van der Waals surface area contributed by atoms with Crippen molar-refractivity contribution in [2.75, 3.05) is 16.4 Å². The Bertz CT molecular complexity index is 1140. The molecule has 1 heterocycles. The number of rotatable bonds is 8. The highest BCUT2D eigenvalue weighted by Gasteiger charge is 2.21.